The smallest absolute Gasteiger partial charge is 0.361 e. The van der Waals surface area contributed by atoms with Gasteiger partial charge in [-0.15, -0.1) is 9.89 Å². The Morgan fingerprint density at radius 2 is 1.84 bits per heavy atom. The van der Waals surface area contributed by atoms with Crippen LogP contribution in [0.2, 0.25) is 0 Å². The second-order valence-electron chi connectivity index (χ2n) is 5.50. The van der Waals surface area contributed by atoms with Crippen molar-refractivity contribution < 1.29 is 33.3 Å². The Hall–Kier alpha value is -3.67. The fourth-order valence-corrected chi connectivity index (χ4v) is 2.99. The van der Waals surface area contributed by atoms with E-state index in [0.717, 1.165) is 25.1 Å². The third-order valence-corrected chi connectivity index (χ3v) is 4.61. The maximum absolute atomic E-state index is 12.3. The van der Waals surface area contributed by atoms with E-state index in [1.165, 1.54) is 6.21 Å². The number of thioether (sulfide) groups is 1. The maximum Gasteiger partial charge on any atom is 0.361 e. The summed E-state index contributed by atoms with van der Waals surface area (Å²) in [6.07, 6.45) is 2.39. The predicted molar refractivity (Wildman–Crippen MR) is 110 cm³/mol. The Bertz CT molecular complexity index is 999. The van der Waals surface area contributed by atoms with E-state index < -0.39 is 17.9 Å². The molecular formula is C19H20N4O7S. The first-order chi connectivity index (χ1) is 14.9. The summed E-state index contributed by atoms with van der Waals surface area (Å²) < 4.78 is 19.3. The Morgan fingerprint density at radius 3 is 2.42 bits per heavy atom. The molecule has 0 aliphatic rings. The average Bonchev–Trinajstić information content (AvgIpc) is 3.19. The number of nitrogens with zero attached hydrogens (tertiary/aromatic N) is 4. The van der Waals surface area contributed by atoms with Crippen molar-refractivity contribution in [1.29, 1.82) is 0 Å². The van der Waals surface area contributed by atoms with E-state index in [1.54, 1.807) is 38.3 Å². The molecule has 2 aromatic rings. The van der Waals surface area contributed by atoms with Crippen molar-refractivity contribution in [3.8, 4) is 5.75 Å². The number of benzene rings is 1. The van der Waals surface area contributed by atoms with E-state index in [4.69, 9.17) is 14.2 Å². The first-order valence-corrected chi connectivity index (χ1v) is 9.62. The summed E-state index contributed by atoms with van der Waals surface area (Å²) in [6.45, 7) is 1.74. The average molecular weight is 448 g/mol. The topological polar surface area (TPSA) is 131 Å². The highest BCUT2D eigenvalue weighted by molar-refractivity contribution is 8.04. The molecule has 0 amide bonds. The van der Waals surface area contributed by atoms with E-state index in [2.05, 4.69) is 20.2 Å². The van der Waals surface area contributed by atoms with Crippen molar-refractivity contribution in [3.63, 3.8) is 0 Å². The van der Waals surface area contributed by atoms with Crippen LogP contribution in [0.4, 0.5) is 0 Å². The summed E-state index contributed by atoms with van der Waals surface area (Å²) in [5.41, 5.74) is 0.529. The Balaban J connectivity index is 2.45. The Morgan fingerprint density at radius 1 is 1.13 bits per heavy atom. The van der Waals surface area contributed by atoms with E-state index >= 15 is 0 Å². The van der Waals surface area contributed by atoms with Gasteiger partial charge in [0.05, 0.1) is 34.2 Å². The molecule has 31 heavy (non-hydrogen) atoms. The number of methoxy groups -OCH3 is 3. The van der Waals surface area contributed by atoms with Crippen LogP contribution in [0.25, 0.3) is 0 Å². The molecule has 0 fully saturated rings. The largest absolute Gasteiger partial charge is 0.497 e. The number of rotatable bonds is 9. The van der Waals surface area contributed by atoms with Crippen molar-refractivity contribution in [2.24, 2.45) is 5.10 Å². The molecular weight excluding hydrogens is 428 g/mol. The Kier molecular flexibility index (Phi) is 8.76. The van der Waals surface area contributed by atoms with E-state index in [0.29, 0.717) is 23.1 Å². The lowest BCUT2D eigenvalue weighted by molar-refractivity contribution is -0.137. The van der Waals surface area contributed by atoms with Crippen molar-refractivity contribution in [2.75, 3.05) is 27.9 Å². The van der Waals surface area contributed by atoms with E-state index in [1.807, 2.05) is 0 Å². The third-order valence-electron chi connectivity index (χ3n) is 3.56. The maximum atomic E-state index is 12.3. The summed E-state index contributed by atoms with van der Waals surface area (Å²) in [7, 11) is 3.87. The zero-order valence-corrected chi connectivity index (χ0v) is 18.0. The molecule has 0 radical (unpaired) electrons. The molecule has 1 aromatic carbocycles. The van der Waals surface area contributed by atoms with Gasteiger partial charge in [0, 0.05) is 6.08 Å². The number of carbonyl (C=O) groups is 3. The molecule has 0 bridgehead atoms. The molecule has 0 N–H and O–H groups in total. The van der Waals surface area contributed by atoms with Gasteiger partial charge in [0.25, 0.3) is 0 Å². The second kappa shape index (κ2) is 11.5. The van der Waals surface area contributed by atoms with Gasteiger partial charge in [-0.25, -0.2) is 14.4 Å². The molecule has 2 rings (SSSR count). The number of aromatic nitrogens is 3. The normalized spacial score (nSPS) is 11.3. The summed E-state index contributed by atoms with van der Waals surface area (Å²) in [5.74, 6) is -1.70. The first-order valence-electron chi connectivity index (χ1n) is 8.80. The molecule has 0 aliphatic heterocycles. The lowest BCUT2D eigenvalue weighted by atomic mass is 10.2. The van der Waals surface area contributed by atoms with Gasteiger partial charge in [0.2, 0.25) is 5.69 Å². The van der Waals surface area contributed by atoms with E-state index in [9.17, 15) is 14.4 Å². The molecule has 0 saturated carbocycles. The summed E-state index contributed by atoms with van der Waals surface area (Å²) in [5, 5.41) is 11.9. The SMILES string of the molecule is CCOC(=O)c1nnn(N=Cc2ccc(OC)cc2)c1SC(=CC(=O)OC)C(=O)OC. The van der Waals surface area contributed by atoms with Gasteiger partial charge in [0.15, 0.2) is 5.03 Å². The molecule has 1 aromatic heterocycles. The van der Waals surface area contributed by atoms with Crippen LogP contribution in [-0.4, -0.2) is 67.2 Å². The molecule has 0 unspecified atom stereocenters. The predicted octanol–water partition coefficient (Wildman–Crippen LogP) is 1.67. The number of esters is 3. The highest BCUT2D eigenvalue weighted by atomic mass is 32.2. The van der Waals surface area contributed by atoms with Gasteiger partial charge < -0.3 is 18.9 Å². The molecule has 1 heterocycles. The fourth-order valence-electron chi connectivity index (χ4n) is 2.07. The van der Waals surface area contributed by atoms with Crippen molar-refractivity contribution in [2.45, 2.75) is 11.9 Å². The standard InChI is InChI=1S/C19H20N4O7S/c1-5-30-19(26)16-17(31-14(18(25)29-4)10-15(24)28-3)23(22-21-16)20-11-12-6-8-13(27-2)9-7-12/h6-11H,5H2,1-4H3. The minimum absolute atomic E-state index is 0.0452. The van der Waals surface area contributed by atoms with Crippen LogP contribution >= 0.6 is 11.8 Å². The van der Waals surface area contributed by atoms with Crippen LogP contribution in [0.1, 0.15) is 23.0 Å². The number of carbonyl (C=O) groups excluding carboxylic acids is 3. The fraction of sp³-hybridized carbons (Fsp3) is 0.263. The zero-order chi connectivity index (χ0) is 22.8. The summed E-state index contributed by atoms with van der Waals surface area (Å²) in [4.78, 5) is 36.9. The van der Waals surface area contributed by atoms with Crippen LogP contribution in [0.3, 0.4) is 0 Å². The lowest BCUT2D eigenvalue weighted by Gasteiger charge is -2.06. The van der Waals surface area contributed by atoms with Crippen LogP contribution in [0.15, 0.2) is 45.4 Å². The van der Waals surface area contributed by atoms with Gasteiger partial charge in [-0.05, 0) is 42.0 Å². The van der Waals surface area contributed by atoms with Crippen LogP contribution in [0, 0.1) is 0 Å². The number of hydrogen-bond donors (Lipinski definition) is 0. The van der Waals surface area contributed by atoms with Gasteiger partial charge in [-0.1, -0.05) is 11.8 Å². The highest BCUT2D eigenvalue weighted by Crippen LogP contribution is 2.30. The van der Waals surface area contributed by atoms with Crippen molar-refractivity contribution in [1.82, 2.24) is 15.1 Å². The molecule has 11 nitrogen and oxygen atoms in total. The molecule has 0 spiro atoms. The van der Waals surface area contributed by atoms with Crippen molar-refractivity contribution >= 4 is 35.9 Å². The first kappa shape index (κ1) is 23.6. The quantitative estimate of drug-likeness (QED) is 0.183. The monoisotopic (exact) mass is 448 g/mol. The third kappa shape index (κ3) is 6.40. The van der Waals surface area contributed by atoms with Crippen molar-refractivity contribution in [3.05, 3.63) is 46.5 Å². The lowest BCUT2D eigenvalue weighted by Crippen LogP contribution is -2.10. The minimum atomic E-state index is -0.822. The number of ether oxygens (including phenoxy) is 4. The highest BCUT2D eigenvalue weighted by Gasteiger charge is 2.26. The Labute approximate surface area is 182 Å². The second-order valence-corrected chi connectivity index (χ2v) is 6.53. The molecule has 0 saturated heterocycles. The van der Waals surface area contributed by atoms with Gasteiger partial charge in [-0.2, -0.15) is 5.10 Å². The van der Waals surface area contributed by atoms with Crippen LogP contribution < -0.4 is 4.74 Å². The van der Waals surface area contributed by atoms with Crippen LogP contribution in [0.5, 0.6) is 5.75 Å². The van der Waals surface area contributed by atoms with Gasteiger partial charge in [0.1, 0.15) is 10.7 Å². The van der Waals surface area contributed by atoms with Gasteiger partial charge >= 0.3 is 17.9 Å². The van der Waals surface area contributed by atoms with E-state index in [-0.39, 0.29) is 22.2 Å². The summed E-state index contributed by atoms with van der Waals surface area (Å²) in [6, 6.07) is 7.01. The minimum Gasteiger partial charge on any atom is -0.497 e. The van der Waals surface area contributed by atoms with Crippen LogP contribution in [-0.2, 0) is 23.8 Å². The van der Waals surface area contributed by atoms with Gasteiger partial charge in [-0.3, -0.25) is 0 Å². The summed E-state index contributed by atoms with van der Waals surface area (Å²) >= 11 is 0.710. The molecule has 12 heteroatoms. The molecule has 0 aliphatic carbocycles. The number of hydrogen-bond acceptors (Lipinski definition) is 11. The molecule has 164 valence electrons. The molecule has 0 atom stereocenters. The zero-order valence-electron chi connectivity index (χ0n) is 17.2.